The normalized spacial score (nSPS) is 20.9. The second kappa shape index (κ2) is 8.99. The first-order valence-electron chi connectivity index (χ1n) is 8.18. The molecule has 2 aromatic rings. The van der Waals surface area contributed by atoms with Crippen LogP contribution in [0.2, 0.25) is 0 Å². The Morgan fingerprint density at radius 1 is 1.33 bits per heavy atom. The minimum atomic E-state index is 0. The molecule has 0 aliphatic heterocycles. The summed E-state index contributed by atoms with van der Waals surface area (Å²) in [6, 6.07) is 8.69. The fourth-order valence-electron chi connectivity index (χ4n) is 3.23. The summed E-state index contributed by atoms with van der Waals surface area (Å²) in [6.45, 7) is 2.76. The van der Waals surface area contributed by atoms with E-state index in [0.29, 0.717) is 12.6 Å². The summed E-state index contributed by atoms with van der Waals surface area (Å²) in [6.07, 6.45) is 5.92. The van der Waals surface area contributed by atoms with Crippen molar-refractivity contribution in [2.24, 2.45) is 4.99 Å². The Balaban J connectivity index is 0.00000208. The molecule has 2 atom stereocenters. The van der Waals surface area contributed by atoms with Gasteiger partial charge in [0.15, 0.2) is 5.96 Å². The number of thioether (sulfide) groups is 1. The molecule has 1 aromatic carbocycles. The molecule has 1 fully saturated rings. The van der Waals surface area contributed by atoms with Crippen molar-refractivity contribution >= 4 is 52.7 Å². The Bertz CT molecular complexity index is 701. The average molecular weight is 459 g/mol. The zero-order chi connectivity index (χ0) is 16.2. The summed E-state index contributed by atoms with van der Waals surface area (Å²) in [5, 5.41) is 8.89. The molecule has 1 aliphatic rings. The van der Waals surface area contributed by atoms with Crippen molar-refractivity contribution in [3.05, 3.63) is 35.6 Å². The zero-order valence-corrected chi connectivity index (χ0v) is 17.6. The van der Waals surface area contributed by atoms with E-state index in [0.717, 1.165) is 22.6 Å². The van der Waals surface area contributed by atoms with Crippen LogP contribution in [0.5, 0.6) is 0 Å². The molecule has 6 heteroatoms. The number of para-hydroxylation sites is 1. The quantitative estimate of drug-likeness (QED) is 0.407. The van der Waals surface area contributed by atoms with Gasteiger partial charge in [-0.2, -0.15) is 11.8 Å². The molecule has 0 spiro atoms. The number of hydrogen-bond donors (Lipinski definition) is 2. The average Bonchev–Trinajstić information content (AvgIpc) is 3.16. The van der Waals surface area contributed by atoms with Crippen LogP contribution in [0.1, 0.15) is 30.6 Å². The van der Waals surface area contributed by atoms with Crippen molar-refractivity contribution in [3.63, 3.8) is 0 Å². The van der Waals surface area contributed by atoms with Crippen LogP contribution in [0.4, 0.5) is 0 Å². The molecule has 1 aromatic heterocycles. The van der Waals surface area contributed by atoms with Crippen LogP contribution in [0.3, 0.4) is 0 Å². The Hall–Kier alpha value is -0.890. The highest BCUT2D eigenvalue weighted by atomic mass is 127. The SMILES string of the molecule is CN=C(NCc1oc2ccccc2c1C)NC1CCC(SC)C1.I. The number of furan rings is 1. The van der Waals surface area contributed by atoms with Gasteiger partial charge in [0.2, 0.25) is 0 Å². The van der Waals surface area contributed by atoms with E-state index in [1.807, 2.05) is 37.0 Å². The lowest BCUT2D eigenvalue weighted by molar-refractivity contribution is 0.530. The number of aryl methyl sites for hydroxylation is 1. The van der Waals surface area contributed by atoms with Crippen molar-refractivity contribution in [3.8, 4) is 0 Å². The van der Waals surface area contributed by atoms with Crippen molar-refractivity contribution in [1.29, 1.82) is 0 Å². The summed E-state index contributed by atoms with van der Waals surface area (Å²) in [5.41, 5.74) is 2.15. The monoisotopic (exact) mass is 459 g/mol. The van der Waals surface area contributed by atoms with E-state index < -0.39 is 0 Å². The van der Waals surface area contributed by atoms with Gasteiger partial charge in [-0.05, 0) is 38.5 Å². The largest absolute Gasteiger partial charge is 0.459 e. The van der Waals surface area contributed by atoms with Crippen LogP contribution in [0.25, 0.3) is 11.0 Å². The first kappa shape index (κ1) is 19.4. The summed E-state index contributed by atoms with van der Waals surface area (Å²) in [7, 11) is 1.82. The van der Waals surface area contributed by atoms with Gasteiger partial charge in [0.25, 0.3) is 0 Å². The predicted molar refractivity (Wildman–Crippen MR) is 115 cm³/mol. The number of nitrogens with one attached hydrogen (secondary N) is 2. The fourth-order valence-corrected chi connectivity index (χ4v) is 4.03. The molecule has 2 unspecified atom stereocenters. The fraction of sp³-hybridized carbons (Fsp3) is 0.500. The number of guanidine groups is 1. The van der Waals surface area contributed by atoms with Gasteiger partial charge in [0.1, 0.15) is 11.3 Å². The van der Waals surface area contributed by atoms with Gasteiger partial charge in [-0.15, -0.1) is 24.0 Å². The number of halogens is 1. The molecule has 24 heavy (non-hydrogen) atoms. The van der Waals surface area contributed by atoms with Gasteiger partial charge < -0.3 is 15.1 Å². The van der Waals surface area contributed by atoms with Crippen LogP contribution < -0.4 is 10.6 Å². The number of benzene rings is 1. The second-order valence-electron chi connectivity index (χ2n) is 6.08. The zero-order valence-electron chi connectivity index (χ0n) is 14.5. The molecule has 2 N–H and O–H groups in total. The van der Waals surface area contributed by atoms with Crippen molar-refractivity contribution in [2.45, 2.75) is 44.0 Å². The van der Waals surface area contributed by atoms with E-state index in [4.69, 9.17) is 4.42 Å². The van der Waals surface area contributed by atoms with E-state index in [-0.39, 0.29) is 24.0 Å². The molecule has 1 saturated carbocycles. The summed E-state index contributed by atoms with van der Waals surface area (Å²) in [4.78, 5) is 4.35. The number of nitrogens with zero attached hydrogens (tertiary/aromatic N) is 1. The van der Waals surface area contributed by atoms with Crippen LogP contribution >= 0.6 is 35.7 Å². The summed E-state index contributed by atoms with van der Waals surface area (Å²) in [5.74, 6) is 1.83. The predicted octanol–water partition coefficient (Wildman–Crippen LogP) is 4.31. The summed E-state index contributed by atoms with van der Waals surface area (Å²) < 4.78 is 5.95. The first-order chi connectivity index (χ1) is 11.2. The highest BCUT2D eigenvalue weighted by Crippen LogP contribution is 2.28. The van der Waals surface area contributed by atoms with Gasteiger partial charge >= 0.3 is 0 Å². The maximum Gasteiger partial charge on any atom is 0.191 e. The highest BCUT2D eigenvalue weighted by Gasteiger charge is 2.24. The van der Waals surface area contributed by atoms with Crippen LogP contribution in [0, 0.1) is 6.92 Å². The van der Waals surface area contributed by atoms with Gasteiger partial charge in [-0.3, -0.25) is 4.99 Å². The van der Waals surface area contributed by atoms with Gasteiger partial charge in [0.05, 0.1) is 6.54 Å². The second-order valence-corrected chi connectivity index (χ2v) is 7.22. The van der Waals surface area contributed by atoms with Crippen molar-refractivity contribution in [1.82, 2.24) is 10.6 Å². The standard InChI is InChI=1S/C18H25N3OS.HI/c1-12-15-6-4-5-7-16(15)22-17(12)11-20-18(19-2)21-13-8-9-14(10-13)23-3;/h4-7,13-14H,8-11H2,1-3H3,(H2,19,20,21);1H. The third-order valence-electron chi connectivity index (χ3n) is 4.64. The summed E-state index contributed by atoms with van der Waals surface area (Å²) >= 11 is 1.97. The van der Waals surface area contributed by atoms with Crippen LogP contribution in [-0.4, -0.2) is 30.6 Å². The topological polar surface area (TPSA) is 49.6 Å². The molecular weight excluding hydrogens is 433 g/mol. The lowest BCUT2D eigenvalue weighted by atomic mass is 10.1. The molecule has 1 heterocycles. The Kier molecular flexibility index (Phi) is 7.28. The smallest absolute Gasteiger partial charge is 0.191 e. The molecule has 0 saturated heterocycles. The Labute approximate surface area is 165 Å². The molecule has 4 nitrogen and oxygen atoms in total. The third-order valence-corrected chi connectivity index (χ3v) is 5.74. The van der Waals surface area contributed by atoms with Gasteiger partial charge in [-0.1, -0.05) is 18.2 Å². The van der Waals surface area contributed by atoms with Crippen LogP contribution in [0.15, 0.2) is 33.7 Å². The Morgan fingerprint density at radius 3 is 2.79 bits per heavy atom. The van der Waals surface area contributed by atoms with Crippen LogP contribution in [-0.2, 0) is 6.54 Å². The minimum absolute atomic E-state index is 0. The molecule has 0 amide bonds. The van der Waals surface area contributed by atoms with Gasteiger partial charge in [0, 0.05) is 29.3 Å². The van der Waals surface area contributed by atoms with E-state index in [9.17, 15) is 0 Å². The molecule has 1 aliphatic carbocycles. The number of fused-ring (bicyclic) bond motifs is 1. The molecule has 132 valence electrons. The molecule has 0 radical (unpaired) electrons. The van der Waals surface area contributed by atoms with E-state index >= 15 is 0 Å². The maximum atomic E-state index is 5.95. The molecule has 0 bridgehead atoms. The lowest BCUT2D eigenvalue weighted by Crippen LogP contribution is -2.42. The number of rotatable bonds is 4. The molecule has 3 rings (SSSR count). The van der Waals surface area contributed by atoms with E-state index in [2.05, 4.69) is 34.9 Å². The lowest BCUT2D eigenvalue weighted by Gasteiger charge is -2.17. The highest BCUT2D eigenvalue weighted by molar-refractivity contribution is 14.0. The van der Waals surface area contributed by atoms with E-state index in [1.54, 1.807) is 0 Å². The van der Waals surface area contributed by atoms with Crippen molar-refractivity contribution in [2.75, 3.05) is 13.3 Å². The molecular formula is C18H26IN3OS. The van der Waals surface area contributed by atoms with Gasteiger partial charge in [-0.25, -0.2) is 0 Å². The number of hydrogen-bond acceptors (Lipinski definition) is 3. The Morgan fingerprint density at radius 2 is 2.12 bits per heavy atom. The van der Waals surface area contributed by atoms with Crippen molar-refractivity contribution < 1.29 is 4.42 Å². The minimum Gasteiger partial charge on any atom is -0.459 e. The third kappa shape index (κ3) is 4.39. The number of aliphatic imine (C=N–C) groups is 1. The first-order valence-corrected chi connectivity index (χ1v) is 9.47. The maximum absolute atomic E-state index is 5.95. The van der Waals surface area contributed by atoms with E-state index in [1.165, 1.54) is 30.2 Å².